The van der Waals surface area contributed by atoms with E-state index in [9.17, 15) is 9.18 Å². The van der Waals surface area contributed by atoms with Crippen LogP contribution in [0.3, 0.4) is 0 Å². The van der Waals surface area contributed by atoms with Crippen molar-refractivity contribution in [3.63, 3.8) is 0 Å². The van der Waals surface area contributed by atoms with Crippen molar-refractivity contribution in [2.75, 3.05) is 46.8 Å². The first kappa shape index (κ1) is 24.6. The van der Waals surface area contributed by atoms with Crippen molar-refractivity contribution in [1.29, 1.82) is 0 Å². The summed E-state index contributed by atoms with van der Waals surface area (Å²) < 4.78 is 13.0. The van der Waals surface area contributed by atoms with Gasteiger partial charge in [-0.3, -0.25) is 9.69 Å². The third-order valence-corrected chi connectivity index (χ3v) is 4.90. The van der Waals surface area contributed by atoms with Crippen molar-refractivity contribution in [1.82, 2.24) is 20.4 Å². The fourth-order valence-corrected chi connectivity index (χ4v) is 3.20. The maximum atomic E-state index is 13.0. The van der Waals surface area contributed by atoms with Gasteiger partial charge in [-0.25, -0.2) is 9.38 Å². The highest BCUT2D eigenvalue weighted by atomic mass is 127. The molecule has 1 aliphatic heterocycles. The molecular formula is C20H33FIN5O. The summed E-state index contributed by atoms with van der Waals surface area (Å²) in [5.74, 6) is 0.385. The quantitative estimate of drug-likeness (QED) is 0.323. The van der Waals surface area contributed by atoms with Crippen LogP contribution in [0.4, 0.5) is 4.39 Å². The van der Waals surface area contributed by atoms with Crippen LogP contribution in [0.5, 0.6) is 0 Å². The fourth-order valence-electron chi connectivity index (χ4n) is 3.20. The number of carbonyl (C=O) groups excluding carboxylic acids is 1. The van der Waals surface area contributed by atoms with Gasteiger partial charge in [0.15, 0.2) is 5.96 Å². The number of likely N-dealkylation sites (tertiary alicyclic amines) is 1. The van der Waals surface area contributed by atoms with E-state index in [1.54, 1.807) is 26.2 Å². The van der Waals surface area contributed by atoms with Crippen LogP contribution in [0.15, 0.2) is 29.3 Å². The van der Waals surface area contributed by atoms with E-state index < -0.39 is 0 Å². The van der Waals surface area contributed by atoms with Crippen molar-refractivity contribution < 1.29 is 9.18 Å². The van der Waals surface area contributed by atoms with Gasteiger partial charge in [0.1, 0.15) is 12.4 Å². The Morgan fingerprint density at radius 3 is 2.64 bits per heavy atom. The first-order valence-corrected chi connectivity index (χ1v) is 9.70. The Morgan fingerprint density at radius 1 is 1.29 bits per heavy atom. The van der Waals surface area contributed by atoms with E-state index in [-0.39, 0.29) is 42.2 Å². The molecule has 1 aromatic rings. The van der Waals surface area contributed by atoms with Crippen LogP contribution in [0, 0.1) is 5.82 Å². The van der Waals surface area contributed by atoms with Gasteiger partial charge in [0, 0.05) is 33.2 Å². The van der Waals surface area contributed by atoms with Gasteiger partial charge in [-0.1, -0.05) is 19.1 Å². The summed E-state index contributed by atoms with van der Waals surface area (Å²) in [6.45, 7) is 5.97. The molecule has 1 aliphatic rings. The topological polar surface area (TPSA) is 60.0 Å². The van der Waals surface area contributed by atoms with Crippen LogP contribution < -0.4 is 10.6 Å². The average Bonchev–Trinajstić information content (AvgIpc) is 3.12. The Kier molecular flexibility index (Phi) is 11.4. The maximum absolute atomic E-state index is 13.0. The molecule has 0 aromatic heterocycles. The van der Waals surface area contributed by atoms with E-state index in [0.717, 1.165) is 31.6 Å². The summed E-state index contributed by atoms with van der Waals surface area (Å²) >= 11 is 0. The molecule has 6 nitrogen and oxygen atoms in total. The molecule has 1 fully saturated rings. The Hall–Kier alpha value is -1.42. The van der Waals surface area contributed by atoms with Crippen LogP contribution >= 0.6 is 24.0 Å². The van der Waals surface area contributed by atoms with E-state index in [4.69, 9.17) is 0 Å². The minimum Gasteiger partial charge on any atom is -0.356 e. The third kappa shape index (κ3) is 8.30. The zero-order valence-electron chi connectivity index (χ0n) is 17.1. The number of amides is 1. The minimum absolute atomic E-state index is 0. The number of guanidine groups is 1. The molecule has 1 atom stereocenters. The number of rotatable bonds is 8. The number of nitrogens with zero attached hydrogens (tertiary/aromatic N) is 3. The lowest BCUT2D eigenvalue weighted by Gasteiger charge is -2.24. The molecule has 1 aromatic carbocycles. The normalized spacial score (nSPS) is 17.1. The molecule has 0 bridgehead atoms. The van der Waals surface area contributed by atoms with Crippen molar-refractivity contribution >= 4 is 35.8 Å². The fraction of sp³-hybridized carbons (Fsp3) is 0.600. The largest absolute Gasteiger partial charge is 0.356 e. The van der Waals surface area contributed by atoms with Crippen molar-refractivity contribution in [3.8, 4) is 0 Å². The van der Waals surface area contributed by atoms with Gasteiger partial charge < -0.3 is 15.5 Å². The molecule has 1 saturated heterocycles. The van der Waals surface area contributed by atoms with Gasteiger partial charge in [-0.15, -0.1) is 24.0 Å². The molecule has 0 aliphatic carbocycles. The van der Waals surface area contributed by atoms with Gasteiger partial charge in [0.25, 0.3) is 0 Å². The molecule has 1 unspecified atom stereocenters. The van der Waals surface area contributed by atoms with Crippen LogP contribution in [0.1, 0.15) is 25.3 Å². The van der Waals surface area contributed by atoms with Crippen LogP contribution in [0.25, 0.3) is 0 Å². The Labute approximate surface area is 185 Å². The van der Waals surface area contributed by atoms with E-state index >= 15 is 0 Å². The predicted octanol–water partition coefficient (Wildman–Crippen LogP) is 2.09. The second-order valence-corrected chi connectivity index (χ2v) is 7.06. The van der Waals surface area contributed by atoms with Gasteiger partial charge in [0.05, 0.1) is 0 Å². The van der Waals surface area contributed by atoms with Gasteiger partial charge in [0.2, 0.25) is 5.91 Å². The Balaban J connectivity index is 0.00000392. The molecule has 8 heteroatoms. The highest BCUT2D eigenvalue weighted by Crippen LogP contribution is 2.15. The highest BCUT2D eigenvalue weighted by Gasteiger charge is 2.22. The predicted molar refractivity (Wildman–Crippen MR) is 123 cm³/mol. The monoisotopic (exact) mass is 505 g/mol. The first-order chi connectivity index (χ1) is 13.0. The number of halogens is 2. The van der Waals surface area contributed by atoms with Crippen molar-refractivity contribution in [3.05, 3.63) is 35.6 Å². The molecule has 0 saturated carbocycles. The lowest BCUT2D eigenvalue weighted by molar-refractivity contribution is -0.127. The molecule has 2 N–H and O–H groups in total. The van der Waals surface area contributed by atoms with E-state index in [0.29, 0.717) is 18.5 Å². The standard InChI is InChI=1S/C20H32FN5O.HI/c1-4-26-13-5-6-18(26)14-23-20(24-15-19(27)25(2)3)22-12-11-16-7-9-17(21)10-8-16;/h7-10,18H,4-6,11-15H2,1-3H3,(H2,22,23,24);1H. The lowest BCUT2D eigenvalue weighted by Crippen LogP contribution is -2.45. The molecule has 2 rings (SSSR count). The second kappa shape index (κ2) is 12.9. The van der Waals surface area contributed by atoms with E-state index in [1.165, 1.54) is 29.9 Å². The van der Waals surface area contributed by atoms with Crippen molar-refractivity contribution in [2.45, 2.75) is 32.2 Å². The summed E-state index contributed by atoms with van der Waals surface area (Å²) in [6.07, 6.45) is 3.16. The van der Waals surface area contributed by atoms with E-state index in [2.05, 4.69) is 27.4 Å². The molecular weight excluding hydrogens is 472 g/mol. The molecule has 1 heterocycles. The van der Waals surface area contributed by atoms with Crippen LogP contribution in [-0.2, 0) is 11.2 Å². The molecule has 0 radical (unpaired) electrons. The number of carbonyl (C=O) groups is 1. The number of hydrogen-bond donors (Lipinski definition) is 2. The number of benzene rings is 1. The Morgan fingerprint density at radius 2 is 2.00 bits per heavy atom. The summed E-state index contributed by atoms with van der Waals surface area (Å²) in [5.41, 5.74) is 1.06. The molecule has 28 heavy (non-hydrogen) atoms. The second-order valence-electron chi connectivity index (χ2n) is 7.06. The average molecular weight is 505 g/mol. The van der Waals surface area contributed by atoms with Crippen LogP contribution in [-0.4, -0.2) is 74.5 Å². The van der Waals surface area contributed by atoms with Gasteiger partial charge in [-0.2, -0.15) is 0 Å². The molecule has 0 spiro atoms. The molecule has 158 valence electrons. The van der Waals surface area contributed by atoms with Crippen LogP contribution in [0.2, 0.25) is 0 Å². The van der Waals surface area contributed by atoms with E-state index in [1.807, 2.05) is 0 Å². The SMILES string of the molecule is CCN1CCCC1CNC(=NCC(=O)N(C)C)NCCc1ccc(F)cc1.I. The van der Waals surface area contributed by atoms with Gasteiger partial charge >= 0.3 is 0 Å². The minimum atomic E-state index is -0.227. The lowest BCUT2D eigenvalue weighted by atomic mass is 10.1. The maximum Gasteiger partial charge on any atom is 0.243 e. The summed E-state index contributed by atoms with van der Waals surface area (Å²) in [7, 11) is 3.45. The summed E-state index contributed by atoms with van der Waals surface area (Å²) in [5, 5.41) is 6.67. The third-order valence-electron chi connectivity index (χ3n) is 4.90. The Bertz CT molecular complexity index is 624. The number of aliphatic imine (C=N–C) groups is 1. The number of likely N-dealkylation sites (N-methyl/N-ethyl adjacent to an activating group) is 2. The van der Waals surface area contributed by atoms with Gasteiger partial charge in [-0.05, 0) is 50.0 Å². The summed E-state index contributed by atoms with van der Waals surface area (Å²) in [6, 6.07) is 7.02. The molecule has 1 amide bonds. The van der Waals surface area contributed by atoms with Crippen molar-refractivity contribution in [2.24, 2.45) is 4.99 Å². The zero-order valence-corrected chi connectivity index (χ0v) is 19.4. The zero-order chi connectivity index (χ0) is 19.6. The summed E-state index contributed by atoms with van der Waals surface area (Å²) in [4.78, 5) is 20.3. The first-order valence-electron chi connectivity index (χ1n) is 9.70. The smallest absolute Gasteiger partial charge is 0.243 e. The highest BCUT2D eigenvalue weighted by molar-refractivity contribution is 14.0. The number of nitrogens with one attached hydrogen (secondary N) is 2. The number of hydrogen-bond acceptors (Lipinski definition) is 3.